The van der Waals surface area contributed by atoms with Crippen LogP contribution in [0.5, 0.6) is 0 Å². The quantitative estimate of drug-likeness (QED) is 0.168. The van der Waals surface area contributed by atoms with Crippen molar-refractivity contribution in [3.05, 3.63) is 212 Å². The van der Waals surface area contributed by atoms with E-state index in [2.05, 4.69) is 193 Å². The molecule has 0 N–H and O–H groups in total. The summed E-state index contributed by atoms with van der Waals surface area (Å²) in [6.07, 6.45) is 0. The summed E-state index contributed by atoms with van der Waals surface area (Å²) in [6.45, 7) is 0. The van der Waals surface area contributed by atoms with Gasteiger partial charge in [-0.15, -0.1) is 11.3 Å². The van der Waals surface area contributed by atoms with Crippen molar-refractivity contribution in [3.8, 4) is 33.4 Å². The van der Waals surface area contributed by atoms with E-state index in [0.29, 0.717) is 0 Å². The van der Waals surface area contributed by atoms with E-state index in [9.17, 15) is 0 Å². The summed E-state index contributed by atoms with van der Waals surface area (Å²) in [5, 5.41) is 9.34. The largest absolute Gasteiger partial charge is 0.452 e. The van der Waals surface area contributed by atoms with Crippen LogP contribution in [-0.2, 0) is 0 Å². The molecule has 13 aromatic rings. The zero-order chi connectivity index (χ0) is 40.7. The lowest BCUT2D eigenvalue weighted by Crippen LogP contribution is -2.10. The number of benzene rings is 10. The summed E-state index contributed by atoms with van der Waals surface area (Å²) >= 11 is 1.86. The Balaban J connectivity index is 0.939. The lowest BCUT2D eigenvalue weighted by Gasteiger charge is -2.27. The van der Waals surface area contributed by atoms with E-state index in [4.69, 9.17) is 8.83 Å². The van der Waals surface area contributed by atoms with Crippen molar-refractivity contribution in [3.63, 3.8) is 0 Å². The van der Waals surface area contributed by atoms with E-state index in [1.165, 1.54) is 42.1 Å². The minimum absolute atomic E-state index is 0.783. The van der Waals surface area contributed by atoms with Crippen LogP contribution in [0.2, 0.25) is 0 Å². The van der Waals surface area contributed by atoms with E-state index >= 15 is 0 Å². The topological polar surface area (TPSA) is 29.5 Å². The first-order valence-electron chi connectivity index (χ1n) is 21.0. The molecule has 3 heterocycles. The average Bonchev–Trinajstić information content (AvgIpc) is 4.04. The molecule has 0 saturated heterocycles. The zero-order valence-electron chi connectivity index (χ0n) is 33.4. The predicted molar refractivity (Wildman–Crippen MR) is 262 cm³/mol. The molecule has 10 aromatic carbocycles. The second kappa shape index (κ2) is 13.8. The van der Waals surface area contributed by atoms with Crippen molar-refractivity contribution in [2.75, 3.05) is 4.90 Å². The molecule has 290 valence electrons. The van der Waals surface area contributed by atoms with Gasteiger partial charge in [0.15, 0.2) is 11.2 Å². The van der Waals surface area contributed by atoms with Crippen LogP contribution in [0.3, 0.4) is 0 Å². The molecular formula is C58H35NO2S. The molecule has 62 heavy (non-hydrogen) atoms. The highest BCUT2D eigenvalue weighted by atomic mass is 32.1. The molecule has 0 unspecified atom stereocenters. The van der Waals surface area contributed by atoms with Gasteiger partial charge in [0.1, 0.15) is 11.2 Å². The molecule has 3 aromatic heterocycles. The van der Waals surface area contributed by atoms with Gasteiger partial charge >= 0.3 is 0 Å². The first kappa shape index (κ1) is 34.9. The predicted octanol–water partition coefficient (Wildman–Crippen LogP) is 17.5. The van der Waals surface area contributed by atoms with Gasteiger partial charge in [0.05, 0.1) is 10.4 Å². The Morgan fingerprint density at radius 1 is 0.355 bits per heavy atom. The smallest absolute Gasteiger partial charge is 0.179 e. The fourth-order valence-electron chi connectivity index (χ4n) is 9.56. The van der Waals surface area contributed by atoms with Gasteiger partial charge in [0.25, 0.3) is 0 Å². The fraction of sp³-hybridized carbons (Fsp3) is 0. The third kappa shape index (κ3) is 5.44. The van der Waals surface area contributed by atoms with Crippen LogP contribution in [0.4, 0.5) is 17.1 Å². The van der Waals surface area contributed by atoms with E-state index < -0.39 is 0 Å². The number of para-hydroxylation sites is 2. The van der Waals surface area contributed by atoms with Crippen molar-refractivity contribution in [2.45, 2.75) is 0 Å². The Labute approximate surface area is 360 Å². The molecule has 0 bridgehead atoms. The highest BCUT2D eigenvalue weighted by Gasteiger charge is 2.22. The van der Waals surface area contributed by atoms with Crippen LogP contribution in [0.25, 0.3) is 108 Å². The monoisotopic (exact) mass is 809 g/mol. The zero-order valence-corrected chi connectivity index (χ0v) is 34.2. The Hall–Kier alpha value is -7.92. The van der Waals surface area contributed by atoms with Gasteiger partial charge in [-0.3, -0.25) is 0 Å². The summed E-state index contributed by atoms with van der Waals surface area (Å²) in [4.78, 5) is 2.42. The van der Waals surface area contributed by atoms with Gasteiger partial charge < -0.3 is 13.7 Å². The third-order valence-electron chi connectivity index (χ3n) is 12.5. The van der Waals surface area contributed by atoms with Crippen molar-refractivity contribution in [2.24, 2.45) is 0 Å². The third-order valence-corrected chi connectivity index (χ3v) is 13.7. The number of nitrogens with zero attached hydrogens (tertiary/aromatic N) is 1. The number of anilines is 3. The fourth-order valence-corrected chi connectivity index (χ4v) is 10.8. The summed E-state index contributed by atoms with van der Waals surface area (Å²) in [7, 11) is 0. The molecule has 0 fully saturated rings. The van der Waals surface area contributed by atoms with Gasteiger partial charge in [-0.1, -0.05) is 158 Å². The maximum atomic E-state index is 6.55. The van der Waals surface area contributed by atoms with E-state index in [-0.39, 0.29) is 0 Å². The maximum absolute atomic E-state index is 6.55. The molecule has 0 atom stereocenters. The molecule has 4 heteroatoms. The minimum atomic E-state index is 0.783. The molecule has 3 nitrogen and oxygen atoms in total. The molecule has 0 aliphatic carbocycles. The van der Waals surface area contributed by atoms with Crippen LogP contribution in [-0.4, -0.2) is 0 Å². The maximum Gasteiger partial charge on any atom is 0.179 e. The van der Waals surface area contributed by atoms with Crippen LogP contribution in [0.15, 0.2) is 221 Å². The number of thiophene rings is 1. The highest BCUT2D eigenvalue weighted by Crippen LogP contribution is 2.47. The first-order chi connectivity index (χ1) is 30.7. The Morgan fingerprint density at radius 2 is 0.968 bits per heavy atom. The molecule has 0 spiro atoms. The van der Waals surface area contributed by atoms with E-state index in [1.54, 1.807) is 0 Å². The highest BCUT2D eigenvalue weighted by molar-refractivity contribution is 7.26. The summed E-state index contributed by atoms with van der Waals surface area (Å²) in [5.41, 5.74) is 13.6. The molecule has 0 radical (unpaired) electrons. The van der Waals surface area contributed by atoms with Gasteiger partial charge in [-0.05, 0) is 98.8 Å². The van der Waals surface area contributed by atoms with E-state index in [1.807, 2.05) is 35.6 Å². The van der Waals surface area contributed by atoms with Crippen LogP contribution in [0.1, 0.15) is 0 Å². The van der Waals surface area contributed by atoms with Crippen LogP contribution < -0.4 is 4.90 Å². The van der Waals surface area contributed by atoms with Gasteiger partial charge in [0.2, 0.25) is 0 Å². The SMILES string of the molecule is c1cc(-c2ccc(-c3cc4c5ccccc5oc4c4oc5ccccc5c34)cc2)cc(N(c2ccc(-c3cccc4ccccc34)cc2)c2cccc3c2sc2ccccc23)c1. The Bertz CT molecular complexity index is 3860. The van der Waals surface area contributed by atoms with Gasteiger partial charge in [-0.25, -0.2) is 0 Å². The number of furan rings is 2. The molecular weight excluding hydrogens is 775 g/mol. The number of rotatable bonds is 6. The summed E-state index contributed by atoms with van der Waals surface area (Å²) in [6, 6.07) is 76.4. The molecule has 0 saturated carbocycles. The van der Waals surface area contributed by atoms with Crippen molar-refractivity contribution < 1.29 is 8.83 Å². The number of hydrogen-bond donors (Lipinski definition) is 0. The molecule has 0 aliphatic rings. The lowest BCUT2D eigenvalue weighted by molar-refractivity contribution is 0.633. The average molecular weight is 810 g/mol. The Morgan fingerprint density at radius 3 is 1.82 bits per heavy atom. The number of fused-ring (bicyclic) bond motifs is 11. The summed E-state index contributed by atoms with van der Waals surface area (Å²) in [5.74, 6) is 0. The second-order valence-corrected chi connectivity index (χ2v) is 17.0. The van der Waals surface area contributed by atoms with Crippen LogP contribution >= 0.6 is 11.3 Å². The van der Waals surface area contributed by atoms with Crippen molar-refractivity contribution in [1.82, 2.24) is 0 Å². The molecule has 0 amide bonds. The van der Waals surface area contributed by atoms with Gasteiger partial charge in [0, 0.05) is 48.4 Å². The summed E-state index contributed by atoms with van der Waals surface area (Å²) < 4.78 is 15.5. The van der Waals surface area contributed by atoms with Crippen LogP contribution in [0, 0.1) is 0 Å². The number of hydrogen-bond acceptors (Lipinski definition) is 4. The lowest BCUT2D eigenvalue weighted by atomic mass is 9.95. The minimum Gasteiger partial charge on any atom is -0.452 e. The molecule has 13 rings (SSSR count). The first-order valence-corrected chi connectivity index (χ1v) is 21.8. The van der Waals surface area contributed by atoms with Crippen molar-refractivity contribution >= 4 is 103 Å². The van der Waals surface area contributed by atoms with E-state index in [0.717, 1.165) is 83.2 Å². The standard InChI is InChI=1S/C58H35NO2S/c1-2-16-43-37(12-1)13-10-20-44(43)38-30-32-41(33-31-38)59(51-22-11-21-47-46-18-5-8-25-54(46)62-58(47)51)42-15-9-14-40(34-42)36-26-28-39(29-27-36)49-35-50-45-17-3-6-23-52(45)60-56(50)57-55(49)48-19-4-7-24-53(48)61-57/h1-35H. The van der Waals surface area contributed by atoms with Gasteiger partial charge in [-0.2, -0.15) is 0 Å². The normalized spacial score (nSPS) is 11.9. The molecule has 0 aliphatic heterocycles. The Kier molecular flexibility index (Phi) is 7.78. The van der Waals surface area contributed by atoms with Crippen molar-refractivity contribution in [1.29, 1.82) is 0 Å². The second-order valence-electron chi connectivity index (χ2n) is 16.0.